The van der Waals surface area contributed by atoms with Gasteiger partial charge in [-0.25, -0.2) is 0 Å². The van der Waals surface area contributed by atoms with Crippen LogP contribution in [0.3, 0.4) is 0 Å². The molecule has 0 saturated carbocycles. The van der Waals surface area contributed by atoms with Crippen LogP contribution in [0.1, 0.15) is 216 Å². The van der Waals surface area contributed by atoms with E-state index in [2.05, 4.69) is 150 Å². The van der Waals surface area contributed by atoms with Crippen molar-refractivity contribution < 1.29 is 42.2 Å². The van der Waals surface area contributed by atoms with Crippen LogP contribution in [0.2, 0.25) is 0 Å². The molecule has 3 aliphatic heterocycles. The molecule has 0 bridgehead atoms. The summed E-state index contributed by atoms with van der Waals surface area (Å²) >= 11 is 0. The standard InChI is InChI=1S/C68H79O9P/c1-38(2)68(18,19)44-25-28-53-47(37-44)59(62(71)74-53)50-36-43(67(15,16)17)24-31-56(50)77-78(75-54-29-22-41(65(9,10)11)34-48(54)57-45-32-39(63(3,4)5)20-26-51(45)72-60(57)69)76-55-30-23-42(66(12,13)14)35-49(55)58-46-33-40(64(6,7)8)21-27-52(46)73-61(58)70/h20-38,57-59H,1-19H3. The van der Waals surface area contributed by atoms with E-state index in [1.165, 1.54) is 0 Å². The number of fused-ring (bicyclic) bond motifs is 3. The van der Waals surface area contributed by atoms with Gasteiger partial charge in [-0.15, -0.1) is 0 Å². The van der Waals surface area contributed by atoms with Crippen LogP contribution in [0, 0.1) is 5.92 Å². The first kappa shape index (κ1) is 56.3. The summed E-state index contributed by atoms with van der Waals surface area (Å²) in [6, 6.07) is 35.7. The van der Waals surface area contributed by atoms with E-state index in [4.69, 9.17) is 27.8 Å². The normalized spacial score (nSPS) is 18.0. The van der Waals surface area contributed by atoms with Gasteiger partial charge in [0.2, 0.25) is 0 Å². The van der Waals surface area contributed by atoms with Gasteiger partial charge in [0, 0.05) is 33.4 Å². The highest BCUT2D eigenvalue weighted by Gasteiger charge is 2.44. The number of esters is 3. The molecule has 9 nitrogen and oxygen atoms in total. The van der Waals surface area contributed by atoms with Crippen molar-refractivity contribution in [2.75, 3.05) is 0 Å². The Balaban J connectivity index is 1.26. The first-order valence-corrected chi connectivity index (χ1v) is 28.6. The highest BCUT2D eigenvalue weighted by molar-refractivity contribution is 7.43. The van der Waals surface area contributed by atoms with Crippen molar-refractivity contribution in [2.45, 2.75) is 182 Å². The molecule has 3 atom stereocenters. The lowest BCUT2D eigenvalue weighted by Crippen LogP contribution is -2.24. The molecule has 0 saturated heterocycles. The molecule has 0 N–H and O–H groups in total. The van der Waals surface area contributed by atoms with E-state index in [0.29, 0.717) is 57.1 Å². The zero-order chi connectivity index (χ0) is 57.0. The zero-order valence-electron chi connectivity index (χ0n) is 49.3. The third-order valence-corrected chi connectivity index (χ3v) is 17.3. The Morgan fingerprint density at radius 3 is 0.833 bits per heavy atom. The van der Waals surface area contributed by atoms with Crippen LogP contribution < -0.4 is 27.8 Å². The molecular weight excluding hydrogens is 992 g/mol. The van der Waals surface area contributed by atoms with Gasteiger partial charge in [0.05, 0.1) is 0 Å². The first-order chi connectivity index (χ1) is 36.1. The molecule has 6 aromatic rings. The molecule has 0 aromatic heterocycles. The number of carbonyl (C=O) groups excluding carboxylic acids is 3. The van der Waals surface area contributed by atoms with Gasteiger partial charge in [0.15, 0.2) is 0 Å². The Morgan fingerprint density at radius 2 is 0.577 bits per heavy atom. The quantitative estimate of drug-likeness (QED) is 0.0712. The summed E-state index contributed by atoms with van der Waals surface area (Å²) in [5.41, 5.74) is 8.53. The number of carbonyl (C=O) groups is 3. The van der Waals surface area contributed by atoms with Crippen molar-refractivity contribution in [2.24, 2.45) is 5.92 Å². The van der Waals surface area contributed by atoms with E-state index in [1.54, 1.807) is 0 Å². The van der Waals surface area contributed by atoms with Crippen LogP contribution in [0.25, 0.3) is 0 Å². The van der Waals surface area contributed by atoms with Crippen LogP contribution in [-0.2, 0) is 46.9 Å². The Morgan fingerprint density at radius 1 is 0.346 bits per heavy atom. The number of rotatable bonds is 11. The largest absolute Gasteiger partial charge is 0.530 e. The highest BCUT2D eigenvalue weighted by Crippen LogP contribution is 2.55. The van der Waals surface area contributed by atoms with Gasteiger partial charge < -0.3 is 27.8 Å². The van der Waals surface area contributed by atoms with Gasteiger partial charge in [0.1, 0.15) is 52.3 Å². The maximum atomic E-state index is 14.5. The lowest BCUT2D eigenvalue weighted by atomic mass is 9.74. The SMILES string of the molecule is CC(C)C(C)(C)c1ccc2c(c1)C(c1cc(C(C)(C)C)ccc1OP(Oc1ccc(C(C)(C)C)cc1C1C(=O)Oc3ccc(C(C)(C)C)cc31)Oc1ccc(C(C)(C)C)cc1C1C(=O)Oc3ccc(C(C)(C)C)cc31)C(=O)O2. The molecule has 78 heavy (non-hydrogen) atoms. The fraction of sp³-hybridized carbons (Fsp3) is 0.426. The Kier molecular flexibility index (Phi) is 14.2. The average molecular weight is 1070 g/mol. The van der Waals surface area contributed by atoms with Crippen LogP contribution in [0.5, 0.6) is 34.5 Å². The molecular formula is C68H79O9P. The lowest BCUT2D eigenvalue weighted by molar-refractivity contribution is -0.134. The molecule has 3 heterocycles. The second-order valence-electron chi connectivity index (χ2n) is 27.7. The van der Waals surface area contributed by atoms with E-state index in [0.717, 1.165) is 50.1 Å². The van der Waals surface area contributed by atoms with Gasteiger partial charge in [0.25, 0.3) is 0 Å². The fourth-order valence-electron chi connectivity index (χ4n) is 10.3. The van der Waals surface area contributed by atoms with E-state index in [9.17, 15) is 14.4 Å². The predicted octanol–water partition coefficient (Wildman–Crippen LogP) is 17.0. The van der Waals surface area contributed by atoms with Crippen LogP contribution >= 0.6 is 8.60 Å². The smallest absolute Gasteiger partial charge is 0.425 e. The Hall–Kier alpha value is -6.44. The molecule has 9 rings (SSSR count). The van der Waals surface area contributed by atoms with Crippen molar-refractivity contribution in [3.05, 3.63) is 176 Å². The van der Waals surface area contributed by atoms with Crippen LogP contribution in [0.4, 0.5) is 0 Å². The van der Waals surface area contributed by atoms with E-state index >= 15 is 0 Å². The molecule has 6 aromatic carbocycles. The number of ether oxygens (including phenoxy) is 3. The predicted molar refractivity (Wildman–Crippen MR) is 311 cm³/mol. The molecule has 0 aliphatic carbocycles. The van der Waals surface area contributed by atoms with Crippen molar-refractivity contribution in [1.82, 2.24) is 0 Å². The fourth-order valence-corrected chi connectivity index (χ4v) is 11.4. The van der Waals surface area contributed by atoms with E-state index in [1.807, 2.05) is 91.0 Å². The summed E-state index contributed by atoms with van der Waals surface area (Å²) < 4.78 is 40.0. The third kappa shape index (κ3) is 10.9. The van der Waals surface area contributed by atoms with E-state index in [-0.39, 0.29) is 32.5 Å². The van der Waals surface area contributed by atoms with E-state index < -0.39 is 44.3 Å². The third-order valence-electron chi connectivity index (χ3n) is 16.3. The molecule has 0 radical (unpaired) electrons. The molecule has 3 aliphatic rings. The Bertz CT molecular complexity index is 3220. The van der Waals surface area contributed by atoms with Gasteiger partial charge in [-0.2, -0.15) is 0 Å². The van der Waals surface area contributed by atoms with Gasteiger partial charge in [-0.05, 0) is 108 Å². The van der Waals surface area contributed by atoms with Crippen molar-refractivity contribution in [3.8, 4) is 34.5 Å². The monoisotopic (exact) mass is 1070 g/mol. The molecule has 3 unspecified atom stereocenters. The first-order valence-electron chi connectivity index (χ1n) is 27.5. The zero-order valence-corrected chi connectivity index (χ0v) is 50.2. The second-order valence-corrected chi connectivity index (χ2v) is 28.7. The summed E-state index contributed by atoms with van der Waals surface area (Å²) in [6.07, 6.45) is 0. The maximum absolute atomic E-state index is 14.5. The van der Waals surface area contributed by atoms with Crippen molar-refractivity contribution >= 4 is 26.5 Å². The summed E-state index contributed by atoms with van der Waals surface area (Å²) in [7, 11) is -2.58. The topological polar surface area (TPSA) is 107 Å². The van der Waals surface area contributed by atoms with Gasteiger partial charge >= 0.3 is 26.5 Å². The highest BCUT2D eigenvalue weighted by atomic mass is 31.2. The van der Waals surface area contributed by atoms with Crippen molar-refractivity contribution in [1.29, 1.82) is 0 Å². The number of hydrogen-bond acceptors (Lipinski definition) is 9. The molecule has 0 spiro atoms. The minimum atomic E-state index is -2.58. The molecule has 0 amide bonds. The average Bonchev–Trinajstić information content (AvgIpc) is 4.09. The summed E-state index contributed by atoms with van der Waals surface area (Å²) in [5.74, 6) is -1.01. The molecule has 410 valence electrons. The van der Waals surface area contributed by atoms with Gasteiger partial charge in [-0.3, -0.25) is 14.4 Å². The number of hydrogen-bond donors (Lipinski definition) is 0. The van der Waals surface area contributed by atoms with Crippen LogP contribution in [0.15, 0.2) is 109 Å². The second kappa shape index (κ2) is 19.7. The van der Waals surface area contributed by atoms with Gasteiger partial charge in [-0.1, -0.05) is 204 Å². The summed E-state index contributed by atoms with van der Waals surface area (Å²) in [4.78, 5) is 43.4. The van der Waals surface area contributed by atoms with Crippen LogP contribution in [-0.4, -0.2) is 17.9 Å². The lowest BCUT2D eigenvalue weighted by Gasteiger charge is -2.30. The summed E-state index contributed by atoms with van der Waals surface area (Å²) in [5, 5.41) is 0. The minimum absolute atomic E-state index is 0.213. The molecule has 0 fully saturated rings. The number of benzene rings is 6. The maximum Gasteiger partial charge on any atom is 0.530 e. The Labute approximate surface area is 464 Å². The summed E-state index contributed by atoms with van der Waals surface area (Å²) in [6.45, 7) is 40.9. The molecule has 10 heteroatoms. The minimum Gasteiger partial charge on any atom is -0.425 e. The van der Waals surface area contributed by atoms with Crippen molar-refractivity contribution in [3.63, 3.8) is 0 Å².